The van der Waals surface area contributed by atoms with E-state index in [2.05, 4.69) is 29.8 Å². The van der Waals surface area contributed by atoms with Crippen LogP contribution < -0.4 is 9.47 Å². The van der Waals surface area contributed by atoms with Crippen LogP contribution in [0.3, 0.4) is 0 Å². The average molecular weight is 375 g/mol. The van der Waals surface area contributed by atoms with E-state index in [-0.39, 0.29) is 0 Å². The number of esters is 1. The molecule has 0 heterocycles. The van der Waals surface area contributed by atoms with Gasteiger partial charge in [-0.05, 0) is 63.3 Å². The first-order valence-electron chi connectivity index (χ1n) is 7.33. The van der Waals surface area contributed by atoms with Gasteiger partial charge >= 0.3 is 5.97 Å². The van der Waals surface area contributed by atoms with Crippen LogP contribution in [-0.4, -0.2) is 13.1 Å². The zero-order chi connectivity index (χ0) is 16.8. The highest BCUT2D eigenvalue weighted by molar-refractivity contribution is 9.10. The first-order chi connectivity index (χ1) is 11.0. The van der Waals surface area contributed by atoms with Crippen molar-refractivity contribution in [1.82, 2.24) is 0 Å². The molecule has 2 aromatic carbocycles. The van der Waals surface area contributed by atoms with Crippen LogP contribution in [0.5, 0.6) is 11.5 Å². The summed E-state index contributed by atoms with van der Waals surface area (Å²) in [6.45, 7) is 4.23. The summed E-state index contributed by atoms with van der Waals surface area (Å²) in [4.78, 5) is 11.9. The van der Waals surface area contributed by atoms with Crippen LogP contribution in [0.15, 0.2) is 53.0 Å². The number of benzene rings is 2. The second-order valence-corrected chi connectivity index (χ2v) is 6.23. The van der Waals surface area contributed by atoms with Crippen molar-refractivity contribution in [2.45, 2.75) is 19.8 Å². The van der Waals surface area contributed by atoms with Gasteiger partial charge in [-0.1, -0.05) is 32.0 Å². The predicted molar refractivity (Wildman–Crippen MR) is 95.9 cm³/mol. The fraction of sp³-hybridized carbons (Fsp3) is 0.211. The number of methoxy groups -OCH3 is 1. The number of hydrogen-bond donors (Lipinski definition) is 0. The Hall–Kier alpha value is -2.07. The second kappa shape index (κ2) is 7.97. The van der Waals surface area contributed by atoms with E-state index in [1.807, 2.05) is 36.4 Å². The Morgan fingerprint density at radius 3 is 2.39 bits per heavy atom. The zero-order valence-corrected chi connectivity index (χ0v) is 15.0. The number of carbonyl (C=O) groups excluding carboxylic acids is 1. The molecule has 0 atom stereocenters. The molecule has 0 aliphatic rings. The molecule has 0 unspecified atom stereocenters. The van der Waals surface area contributed by atoms with Crippen LogP contribution in [0.2, 0.25) is 0 Å². The molecule has 2 aromatic rings. The lowest BCUT2D eigenvalue weighted by molar-refractivity contribution is -0.128. The Bertz CT molecular complexity index is 703. The van der Waals surface area contributed by atoms with Crippen LogP contribution in [0, 0.1) is 0 Å². The molecule has 0 bridgehead atoms. The molecule has 4 heteroatoms. The van der Waals surface area contributed by atoms with Gasteiger partial charge in [-0.2, -0.15) is 0 Å². The molecule has 0 amide bonds. The molecule has 0 radical (unpaired) electrons. The monoisotopic (exact) mass is 374 g/mol. The van der Waals surface area contributed by atoms with Gasteiger partial charge in [0, 0.05) is 6.08 Å². The van der Waals surface area contributed by atoms with Gasteiger partial charge in [-0.3, -0.25) is 0 Å². The van der Waals surface area contributed by atoms with Gasteiger partial charge < -0.3 is 9.47 Å². The van der Waals surface area contributed by atoms with Crippen molar-refractivity contribution in [3.8, 4) is 11.5 Å². The van der Waals surface area contributed by atoms with Crippen molar-refractivity contribution < 1.29 is 14.3 Å². The van der Waals surface area contributed by atoms with Crippen LogP contribution in [-0.2, 0) is 4.79 Å². The quantitative estimate of drug-likeness (QED) is 0.409. The van der Waals surface area contributed by atoms with Gasteiger partial charge in [0.25, 0.3) is 0 Å². The average Bonchev–Trinajstić information content (AvgIpc) is 2.55. The van der Waals surface area contributed by atoms with Crippen molar-refractivity contribution >= 4 is 28.0 Å². The van der Waals surface area contributed by atoms with Crippen LogP contribution in [0.25, 0.3) is 6.08 Å². The summed E-state index contributed by atoms with van der Waals surface area (Å²) < 4.78 is 11.2. The highest BCUT2D eigenvalue weighted by Crippen LogP contribution is 2.29. The largest absolute Gasteiger partial charge is 0.497 e. The molecule has 0 aliphatic carbocycles. The minimum absolute atomic E-state index is 0.418. The molecular weight excluding hydrogens is 356 g/mol. The number of ether oxygens (including phenoxy) is 2. The fourth-order valence-corrected chi connectivity index (χ4v) is 2.46. The summed E-state index contributed by atoms with van der Waals surface area (Å²) in [7, 11) is 1.62. The predicted octanol–water partition coefficient (Wildman–Crippen LogP) is 5.20. The molecule has 0 saturated heterocycles. The minimum Gasteiger partial charge on any atom is -0.497 e. The molecule has 0 N–H and O–H groups in total. The van der Waals surface area contributed by atoms with Gasteiger partial charge in [0.2, 0.25) is 0 Å². The number of hydrogen-bond acceptors (Lipinski definition) is 3. The van der Waals surface area contributed by atoms with Crippen molar-refractivity contribution in [2.24, 2.45) is 0 Å². The van der Waals surface area contributed by atoms with E-state index in [1.165, 1.54) is 11.6 Å². The maximum atomic E-state index is 11.9. The summed E-state index contributed by atoms with van der Waals surface area (Å²) in [6, 6.07) is 13.2. The summed E-state index contributed by atoms with van der Waals surface area (Å²) in [5, 5.41) is 0. The van der Waals surface area contributed by atoms with E-state index in [0.717, 1.165) is 15.8 Å². The third-order valence-electron chi connectivity index (χ3n) is 3.36. The molecule has 0 fully saturated rings. The summed E-state index contributed by atoms with van der Waals surface area (Å²) in [5.41, 5.74) is 2.09. The number of halogens is 1. The Balaban J connectivity index is 2.02. The maximum absolute atomic E-state index is 11.9. The molecule has 3 nitrogen and oxygen atoms in total. The standard InChI is InChI=1S/C19H19BrO3/c1-13(2)15-7-10-18(17(20)12-15)23-19(21)11-6-14-4-8-16(22-3)9-5-14/h4-13H,1-3H3. The summed E-state index contributed by atoms with van der Waals surface area (Å²) >= 11 is 3.44. The van der Waals surface area contributed by atoms with Gasteiger partial charge in [-0.25, -0.2) is 4.79 Å². The Labute approximate surface area is 145 Å². The van der Waals surface area contributed by atoms with E-state index in [1.54, 1.807) is 19.3 Å². The topological polar surface area (TPSA) is 35.5 Å². The van der Waals surface area contributed by atoms with Gasteiger partial charge in [-0.15, -0.1) is 0 Å². The highest BCUT2D eigenvalue weighted by Gasteiger charge is 2.08. The third kappa shape index (κ3) is 4.96. The summed E-state index contributed by atoms with van der Waals surface area (Å²) in [5.74, 6) is 1.29. The summed E-state index contributed by atoms with van der Waals surface area (Å²) in [6.07, 6.45) is 3.11. The highest BCUT2D eigenvalue weighted by atomic mass is 79.9. The van der Waals surface area contributed by atoms with Crippen molar-refractivity contribution in [1.29, 1.82) is 0 Å². The Kier molecular flexibility index (Phi) is 5.99. The first-order valence-corrected chi connectivity index (χ1v) is 8.12. The fourth-order valence-electron chi connectivity index (χ4n) is 1.98. The van der Waals surface area contributed by atoms with E-state index in [9.17, 15) is 4.79 Å². The van der Waals surface area contributed by atoms with Crippen LogP contribution >= 0.6 is 15.9 Å². The SMILES string of the molecule is COc1ccc(C=CC(=O)Oc2ccc(C(C)C)cc2Br)cc1. The molecule has 23 heavy (non-hydrogen) atoms. The van der Waals surface area contributed by atoms with E-state index < -0.39 is 5.97 Å². The van der Waals surface area contributed by atoms with E-state index in [0.29, 0.717) is 11.7 Å². The van der Waals surface area contributed by atoms with Crippen molar-refractivity contribution in [3.63, 3.8) is 0 Å². The second-order valence-electron chi connectivity index (χ2n) is 5.37. The van der Waals surface area contributed by atoms with Gasteiger partial charge in [0.15, 0.2) is 0 Å². The number of rotatable bonds is 5. The van der Waals surface area contributed by atoms with Crippen molar-refractivity contribution in [2.75, 3.05) is 7.11 Å². The smallest absolute Gasteiger partial charge is 0.336 e. The molecule has 0 saturated carbocycles. The lowest BCUT2D eigenvalue weighted by Gasteiger charge is -2.09. The lowest BCUT2D eigenvalue weighted by atomic mass is 10.0. The Morgan fingerprint density at radius 2 is 1.83 bits per heavy atom. The molecule has 0 spiro atoms. The van der Waals surface area contributed by atoms with Crippen LogP contribution in [0.4, 0.5) is 0 Å². The van der Waals surface area contributed by atoms with E-state index >= 15 is 0 Å². The van der Waals surface area contributed by atoms with Gasteiger partial charge in [0.05, 0.1) is 11.6 Å². The molecule has 120 valence electrons. The third-order valence-corrected chi connectivity index (χ3v) is 3.98. The maximum Gasteiger partial charge on any atom is 0.336 e. The number of carbonyl (C=O) groups is 1. The van der Waals surface area contributed by atoms with E-state index in [4.69, 9.17) is 9.47 Å². The minimum atomic E-state index is -0.418. The molecule has 0 aliphatic heterocycles. The van der Waals surface area contributed by atoms with Crippen LogP contribution in [0.1, 0.15) is 30.9 Å². The van der Waals surface area contributed by atoms with Gasteiger partial charge in [0.1, 0.15) is 11.5 Å². The first kappa shape index (κ1) is 17.3. The van der Waals surface area contributed by atoms with Crippen molar-refractivity contribution in [3.05, 3.63) is 64.1 Å². The molecular formula is C19H19BrO3. The zero-order valence-electron chi connectivity index (χ0n) is 13.4. The normalized spacial score (nSPS) is 11.0. The molecule has 0 aromatic heterocycles. The lowest BCUT2D eigenvalue weighted by Crippen LogP contribution is -2.04. The molecule has 2 rings (SSSR count). The Morgan fingerprint density at radius 1 is 1.13 bits per heavy atom.